The number of methoxy groups -OCH3 is 1. The molecule has 8 heteroatoms. The number of carbonyl (C=O) groups excluding carboxylic acids is 3. The maximum atomic E-state index is 12.0. The number of carbonyl (C=O) groups is 3. The third kappa shape index (κ3) is 6.00. The molecule has 2 amide bonds. The van der Waals surface area contributed by atoms with Crippen molar-refractivity contribution in [3.8, 4) is 5.75 Å². The van der Waals surface area contributed by atoms with Gasteiger partial charge in [-0.05, 0) is 37.3 Å². The van der Waals surface area contributed by atoms with Crippen molar-refractivity contribution in [1.29, 1.82) is 0 Å². The van der Waals surface area contributed by atoms with Crippen LogP contribution in [0.3, 0.4) is 0 Å². The summed E-state index contributed by atoms with van der Waals surface area (Å²) in [5, 5.41) is 5.40. The molecular formula is C19H19ClN2O5. The molecular weight excluding hydrogens is 372 g/mol. The highest BCUT2D eigenvalue weighted by Crippen LogP contribution is 2.27. The molecule has 0 radical (unpaired) electrons. The second-order valence-corrected chi connectivity index (χ2v) is 5.97. The normalized spacial score (nSPS) is 11.2. The third-order valence-corrected chi connectivity index (χ3v) is 3.81. The number of hydrogen-bond donors (Lipinski definition) is 2. The van der Waals surface area contributed by atoms with Crippen molar-refractivity contribution in [1.82, 2.24) is 5.32 Å². The molecule has 0 unspecified atom stereocenters. The van der Waals surface area contributed by atoms with E-state index in [1.807, 2.05) is 0 Å². The summed E-state index contributed by atoms with van der Waals surface area (Å²) in [5.74, 6) is -1.19. The van der Waals surface area contributed by atoms with Crippen molar-refractivity contribution in [2.75, 3.05) is 19.0 Å². The van der Waals surface area contributed by atoms with E-state index in [2.05, 4.69) is 10.6 Å². The fourth-order valence-electron chi connectivity index (χ4n) is 2.13. The van der Waals surface area contributed by atoms with E-state index in [0.717, 1.165) is 0 Å². The topological polar surface area (TPSA) is 93.7 Å². The van der Waals surface area contributed by atoms with E-state index in [4.69, 9.17) is 21.1 Å². The molecule has 0 aliphatic heterocycles. The first-order chi connectivity index (χ1) is 12.9. The molecule has 0 heterocycles. The molecule has 0 aromatic heterocycles. The molecule has 2 rings (SSSR count). The fourth-order valence-corrected chi connectivity index (χ4v) is 2.39. The molecule has 2 aromatic carbocycles. The quantitative estimate of drug-likeness (QED) is 0.709. The number of amides is 2. The smallest absolute Gasteiger partial charge is 0.328 e. The van der Waals surface area contributed by atoms with Gasteiger partial charge in [-0.1, -0.05) is 29.8 Å². The zero-order chi connectivity index (χ0) is 19.8. The summed E-state index contributed by atoms with van der Waals surface area (Å²) < 4.78 is 9.95. The van der Waals surface area contributed by atoms with Gasteiger partial charge < -0.3 is 20.1 Å². The molecule has 0 saturated carbocycles. The van der Waals surface area contributed by atoms with Crippen LogP contribution >= 0.6 is 11.6 Å². The fraction of sp³-hybridized carbons (Fsp3) is 0.211. The average Bonchev–Trinajstić information content (AvgIpc) is 2.66. The first kappa shape index (κ1) is 20.3. The molecule has 142 valence electrons. The summed E-state index contributed by atoms with van der Waals surface area (Å²) in [4.78, 5) is 35.9. The Morgan fingerprint density at radius 1 is 1.11 bits per heavy atom. The van der Waals surface area contributed by atoms with Gasteiger partial charge in [0.25, 0.3) is 11.8 Å². The predicted octanol–water partition coefficient (Wildman–Crippen LogP) is 2.65. The highest BCUT2D eigenvalue weighted by molar-refractivity contribution is 6.32. The SMILES string of the molecule is COc1ccc(NC(=O)COC(=O)[C@H](C)NC(=O)c2ccccc2)cc1Cl. The van der Waals surface area contributed by atoms with Crippen molar-refractivity contribution in [2.45, 2.75) is 13.0 Å². The highest BCUT2D eigenvalue weighted by atomic mass is 35.5. The van der Waals surface area contributed by atoms with Gasteiger partial charge in [0.1, 0.15) is 11.8 Å². The van der Waals surface area contributed by atoms with E-state index in [0.29, 0.717) is 22.0 Å². The van der Waals surface area contributed by atoms with E-state index in [1.54, 1.807) is 42.5 Å². The van der Waals surface area contributed by atoms with Gasteiger partial charge >= 0.3 is 5.97 Å². The van der Waals surface area contributed by atoms with Crippen LogP contribution in [0.15, 0.2) is 48.5 Å². The molecule has 7 nitrogen and oxygen atoms in total. The number of hydrogen-bond acceptors (Lipinski definition) is 5. The Hall–Kier alpha value is -3.06. The van der Waals surface area contributed by atoms with E-state index in [1.165, 1.54) is 20.1 Å². The Bertz CT molecular complexity index is 826. The monoisotopic (exact) mass is 390 g/mol. The first-order valence-electron chi connectivity index (χ1n) is 8.06. The molecule has 0 bridgehead atoms. The van der Waals surface area contributed by atoms with E-state index >= 15 is 0 Å². The minimum Gasteiger partial charge on any atom is -0.495 e. The number of rotatable bonds is 7. The van der Waals surface area contributed by atoms with Crippen molar-refractivity contribution in [3.63, 3.8) is 0 Å². The van der Waals surface area contributed by atoms with Crippen LogP contribution in [0.2, 0.25) is 5.02 Å². The summed E-state index contributed by atoms with van der Waals surface area (Å²) in [6.07, 6.45) is 0. The Morgan fingerprint density at radius 2 is 1.81 bits per heavy atom. The number of anilines is 1. The van der Waals surface area contributed by atoms with Crippen LogP contribution in [-0.4, -0.2) is 37.5 Å². The van der Waals surface area contributed by atoms with Crippen molar-refractivity contribution in [3.05, 3.63) is 59.1 Å². The zero-order valence-corrected chi connectivity index (χ0v) is 15.6. The second kappa shape index (κ2) is 9.59. The summed E-state index contributed by atoms with van der Waals surface area (Å²) in [7, 11) is 1.48. The van der Waals surface area contributed by atoms with Crippen molar-refractivity contribution < 1.29 is 23.9 Å². The third-order valence-electron chi connectivity index (χ3n) is 3.52. The van der Waals surface area contributed by atoms with Crippen LogP contribution in [0, 0.1) is 0 Å². The van der Waals surface area contributed by atoms with Crippen LogP contribution in [0.1, 0.15) is 17.3 Å². The van der Waals surface area contributed by atoms with Crippen LogP contribution in [-0.2, 0) is 14.3 Å². The summed E-state index contributed by atoms with van der Waals surface area (Å²) in [5.41, 5.74) is 0.860. The molecule has 0 aliphatic carbocycles. The lowest BCUT2D eigenvalue weighted by molar-refractivity contribution is -0.148. The van der Waals surface area contributed by atoms with Crippen LogP contribution < -0.4 is 15.4 Å². The Morgan fingerprint density at radius 3 is 2.44 bits per heavy atom. The van der Waals surface area contributed by atoms with Crippen molar-refractivity contribution >= 4 is 35.1 Å². The molecule has 2 aromatic rings. The van der Waals surface area contributed by atoms with Crippen LogP contribution in [0.25, 0.3) is 0 Å². The summed E-state index contributed by atoms with van der Waals surface area (Å²) in [6, 6.07) is 12.3. The first-order valence-corrected chi connectivity index (χ1v) is 8.44. The molecule has 2 N–H and O–H groups in total. The lowest BCUT2D eigenvalue weighted by Gasteiger charge is -2.13. The molecule has 0 fully saturated rings. The number of halogens is 1. The average molecular weight is 391 g/mol. The van der Waals surface area contributed by atoms with Gasteiger partial charge in [-0.15, -0.1) is 0 Å². The minimum atomic E-state index is -0.902. The number of benzene rings is 2. The maximum absolute atomic E-state index is 12.0. The van der Waals surface area contributed by atoms with E-state index < -0.39 is 30.4 Å². The zero-order valence-electron chi connectivity index (χ0n) is 14.8. The van der Waals surface area contributed by atoms with E-state index in [-0.39, 0.29) is 0 Å². The molecule has 27 heavy (non-hydrogen) atoms. The van der Waals surface area contributed by atoms with Gasteiger partial charge in [-0.3, -0.25) is 9.59 Å². The van der Waals surface area contributed by atoms with E-state index in [9.17, 15) is 14.4 Å². The lowest BCUT2D eigenvalue weighted by Crippen LogP contribution is -2.40. The predicted molar refractivity (Wildman–Crippen MR) is 101 cm³/mol. The van der Waals surface area contributed by atoms with Gasteiger partial charge in [-0.25, -0.2) is 4.79 Å². The number of ether oxygens (including phenoxy) is 2. The lowest BCUT2D eigenvalue weighted by atomic mass is 10.2. The Balaban J connectivity index is 1.81. The maximum Gasteiger partial charge on any atom is 0.328 e. The molecule has 0 aliphatic rings. The van der Waals surface area contributed by atoms with Gasteiger partial charge in [0, 0.05) is 11.3 Å². The standard InChI is InChI=1S/C19H19ClN2O5/c1-12(21-18(24)13-6-4-3-5-7-13)19(25)27-11-17(23)22-14-8-9-16(26-2)15(20)10-14/h3-10,12H,11H2,1-2H3,(H,21,24)(H,22,23)/t12-/m0/s1. The number of esters is 1. The molecule has 1 atom stereocenters. The Kier molecular flexibility index (Phi) is 7.19. The van der Waals surface area contributed by atoms with Gasteiger partial charge in [0.05, 0.1) is 12.1 Å². The van der Waals surface area contributed by atoms with Crippen molar-refractivity contribution in [2.24, 2.45) is 0 Å². The summed E-state index contributed by atoms with van der Waals surface area (Å²) >= 11 is 5.98. The molecule has 0 saturated heterocycles. The van der Waals surface area contributed by atoms with Gasteiger partial charge in [0.2, 0.25) is 0 Å². The largest absolute Gasteiger partial charge is 0.495 e. The van der Waals surface area contributed by atoms with Gasteiger partial charge in [0.15, 0.2) is 6.61 Å². The molecule has 0 spiro atoms. The second-order valence-electron chi connectivity index (χ2n) is 5.57. The Labute approximate surface area is 161 Å². The van der Waals surface area contributed by atoms with Crippen LogP contribution in [0.5, 0.6) is 5.75 Å². The minimum absolute atomic E-state index is 0.338. The number of nitrogens with one attached hydrogen (secondary N) is 2. The van der Waals surface area contributed by atoms with Crippen LogP contribution in [0.4, 0.5) is 5.69 Å². The summed E-state index contributed by atoms with van der Waals surface area (Å²) in [6.45, 7) is 0.984. The van der Waals surface area contributed by atoms with Gasteiger partial charge in [-0.2, -0.15) is 0 Å². The highest BCUT2D eigenvalue weighted by Gasteiger charge is 2.19.